The molecule has 1 aliphatic rings. The average Bonchev–Trinajstić information content (AvgIpc) is 3.21. The third-order valence-electron chi connectivity index (χ3n) is 5.50. The summed E-state index contributed by atoms with van der Waals surface area (Å²) in [6.07, 6.45) is 1.26. The van der Waals surface area contributed by atoms with E-state index in [2.05, 4.69) is 56.9 Å². The summed E-state index contributed by atoms with van der Waals surface area (Å²) in [5.41, 5.74) is 2.37. The molecule has 1 fully saturated rings. The van der Waals surface area contributed by atoms with E-state index in [9.17, 15) is 0 Å². The van der Waals surface area contributed by atoms with E-state index in [4.69, 9.17) is 9.47 Å². The maximum Gasteiger partial charge on any atom is 0.191 e. The third kappa shape index (κ3) is 5.87. The second-order valence-corrected chi connectivity index (χ2v) is 8.81. The van der Waals surface area contributed by atoms with E-state index in [1.165, 1.54) is 5.56 Å². The lowest BCUT2D eigenvalue weighted by atomic mass is 10.1. The van der Waals surface area contributed by atoms with Gasteiger partial charge in [-0.15, -0.1) is 10.2 Å². The average molecular weight is 439 g/mol. The molecule has 3 aromatic rings. The third-order valence-corrected chi connectivity index (χ3v) is 6.44. The Morgan fingerprint density at radius 1 is 1.06 bits per heavy atom. The summed E-state index contributed by atoms with van der Waals surface area (Å²) in [6, 6.07) is 18.6. The molecular weight excluding hydrogens is 408 g/mol. The van der Waals surface area contributed by atoms with E-state index in [1.54, 1.807) is 18.9 Å². The van der Waals surface area contributed by atoms with Crippen LogP contribution in [0.1, 0.15) is 12.5 Å². The number of aromatic nitrogens is 3. The summed E-state index contributed by atoms with van der Waals surface area (Å²) in [7, 11) is 1.68. The maximum absolute atomic E-state index is 5.65. The fraction of sp³-hybridized carbons (Fsp3) is 0.417. The number of methoxy groups -OCH3 is 1. The summed E-state index contributed by atoms with van der Waals surface area (Å²) in [5.74, 6) is 2.73. The largest absolute Gasteiger partial charge is 0.497 e. The number of thioether (sulfide) groups is 1. The molecule has 0 unspecified atom stereocenters. The van der Waals surface area contributed by atoms with Gasteiger partial charge in [0.15, 0.2) is 11.0 Å². The van der Waals surface area contributed by atoms with Gasteiger partial charge in [-0.05, 0) is 43.2 Å². The van der Waals surface area contributed by atoms with E-state index >= 15 is 0 Å². The van der Waals surface area contributed by atoms with Crippen LogP contribution in [0, 0.1) is 0 Å². The van der Waals surface area contributed by atoms with Crippen LogP contribution >= 0.6 is 11.8 Å². The predicted molar refractivity (Wildman–Crippen MR) is 125 cm³/mol. The number of aryl methyl sites for hydroxylation is 1. The van der Waals surface area contributed by atoms with Crippen molar-refractivity contribution in [2.45, 2.75) is 31.1 Å². The Labute approximate surface area is 188 Å². The molecule has 31 heavy (non-hydrogen) atoms. The monoisotopic (exact) mass is 438 g/mol. The van der Waals surface area contributed by atoms with Crippen molar-refractivity contribution in [3.05, 3.63) is 60.2 Å². The van der Waals surface area contributed by atoms with Crippen molar-refractivity contribution >= 4 is 11.8 Å². The van der Waals surface area contributed by atoms with Crippen molar-refractivity contribution in [2.24, 2.45) is 0 Å². The molecule has 0 aliphatic carbocycles. The molecule has 0 bridgehead atoms. The van der Waals surface area contributed by atoms with Crippen LogP contribution in [0.15, 0.2) is 59.8 Å². The van der Waals surface area contributed by atoms with Gasteiger partial charge < -0.3 is 14.0 Å². The predicted octanol–water partition coefficient (Wildman–Crippen LogP) is 4.01. The second-order valence-electron chi connectivity index (χ2n) is 7.75. The maximum atomic E-state index is 5.65. The van der Waals surface area contributed by atoms with E-state index in [-0.39, 0.29) is 0 Å². The minimum absolute atomic E-state index is 0.315. The first kappa shape index (κ1) is 21.9. The number of nitrogens with zero attached hydrogens (tertiary/aromatic N) is 4. The van der Waals surface area contributed by atoms with Gasteiger partial charge in [0.05, 0.1) is 19.8 Å². The zero-order valence-electron chi connectivity index (χ0n) is 18.2. The molecule has 1 atom stereocenters. The Bertz CT molecular complexity index is 946. The molecule has 6 nitrogen and oxygen atoms in total. The second kappa shape index (κ2) is 10.8. The highest BCUT2D eigenvalue weighted by atomic mass is 32.2. The van der Waals surface area contributed by atoms with Crippen LogP contribution in [0.2, 0.25) is 0 Å². The molecule has 0 saturated carbocycles. The Morgan fingerprint density at radius 2 is 1.87 bits per heavy atom. The van der Waals surface area contributed by atoms with Crippen LogP contribution in [0.4, 0.5) is 0 Å². The molecule has 2 aromatic carbocycles. The summed E-state index contributed by atoms with van der Waals surface area (Å²) in [5, 5.41) is 10.1. The molecule has 0 amide bonds. The summed E-state index contributed by atoms with van der Waals surface area (Å²) in [6.45, 7) is 6.83. The lowest BCUT2D eigenvalue weighted by Gasteiger charge is -2.30. The van der Waals surface area contributed by atoms with Gasteiger partial charge >= 0.3 is 0 Å². The normalized spacial score (nSPS) is 17.0. The van der Waals surface area contributed by atoms with Crippen molar-refractivity contribution < 1.29 is 9.47 Å². The van der Waals surface area contributed by atoms with Crippen LogP contribution in [0.3, 0.4) is 0 Å². The highest BCUT2D eigenvalue weighted by molar-refractivity contribution is 7.99. The number of hydrogen-bond donors (Lipinski definition) is 0. The molecule has 2 heterocycles. The standard InChI is InChI=1S/C24H30N4O2S/c1-19-18-27(14-16-30-19)15-17-31-24-26-25-23(21-8-10-22(29-2)11-9-21)28(24)13-12-20-6-4-3-5-7-20/h3-11,19H,12-18H2,1-2H3/t19-/m0/s1. The molecule has 164 valence electrons. The SMILES string of the molecule is COc1ccc(-c2nnc(SCCN3CCO[C@@H](C)C3)n2CCc2ccccc2)cc1. The number of morpholine rings is 1. The topological polar surface area (TPSA) is 52.4 Å². The Morgan fingerprint density at radius 3 is 2.61 bits per heavy atom. The lowest BCUT2D eigenvalue weighted by molar-refractivity contribution is -0.0158. The molecule has 4 rings (SSSR count). The van der Waals surface area contributed by atoms with Gasteiger partial charge in [-0.25, -0.2) is 0 Å². The molecule has 0 spiro atoms. The fourth-order valence-corrected chi connectivity index (χ4v) is 4.76. The highest BCUT2D eigenvalue weighted by Gasteiger charge is 2.18. The van der Waals surface area contributed by atoms with Crippen LogP contribution < -0.4 is 4.74 Å². The minimum atomic E-state index is 0.315. The Hall–Kier alpha value is -2.35. The van der Waals surface area contributed by atoms with Crippen LogP contribution in [0.5, 0.6) is 5.75 Å². The summed E-state index contributed by atoms with van der Waals surface area (Å²) in [4.78, 5) is 2.47. The van der Waals surface area contributed by atoms with E-state index in [0.717, 1.165) is 67.3 Å². The number of rotatable bonds is 9. The van der Waals surface area contributed by atoms with Crippen molar-refractivity contribution in [2.75, 3.05) is 39.1 Å². The Kier molecular flexibility index (Phi) is 7.61. The fourth-order valence-electron chi connectivity index (χ4n) is 3.80. The summed E-state index contributed by atoms with van der Waals surface area (Å²) >= 11 is 1.78. The van der Waals surface area contributed by atoms with Gasteiger partial charge in [0.25, 0.3) is 0 Å². The quantitative estimate of drug-likeness (QED) is 0.471. The lowest BCUT2D eigenvalue weighted by Crippen LogP contribution is -2.42. The van der Waals surface area contributed by atoms with E-state index < -0.39 is 0 Å². The molecular formula is C24H30N4O2S. The molecule has 0 radical (unpaired) electrons. The van der Waals surface area contributed by atoms with Gasteiger partial charge in [0, 0.05) is 37.5 Å². The zero-order chi connectivity index (χ0) is 21.5. The van der Waals surface area contributed by atoms with Gasteiger partial charge in [-0.2, -0.15) is 0 Å². The summed E-state index contributed by atoms with van der Waals surface area (Å²) < 4.78 is 13.2. The molecule has 1 saturated heterocycles. The van der Waals surface area contributed by atoms with Gasteiger partial charge in [0.1, 0.15) is 5.75 Å². The Balaban J connectivity index is 1.48. The number of hydrogen-bond acceptors (Lipinski definition) is 6. The molecule has 1 aliphatic heterocycles. The molecule has 0 N–H and O–H groups in total. The zero-order valence-corrected chi connectivity index (χ0v) is 19.1. The highest BCUT2D eigenvalue weighted by Crippen LogP contribution is 2.26. The van der Waals surface area contributed by atoms with Crippen molar-refractivity contribution in [3.8, 4) is 17.1 Å². The first-order chi connectivity index (χ1) is 15.2. The van der Waals surface area contributed by atoms with Gasteiger partial charge in [0.2, 0.25) is 0 Å². The van der Waals surface area contributed by atoms with Gasteiger partial charge in [-0.1, -0.05) is 42.1 Å². The smallest absolute Gasteiger partial charge is 0.191 e. The van der Waals surface area contributed by atoms with Crippen LogP contribution in [0.25, 0.3) is 11.4 Å². The number of benzene rings is 2. The molecule has 7 heteroatoms. The van der Waals surface area contributed by atoms with Crippen LogP contribution in [-0.2, 0) is 17.7 Å². The van der Waals surface area contributed by atoms with Crippen molar-refractivity contribution in [1.82, 2.24) is 19.7 Å². The van der Waals surface area contributed by atoms with Crippen LogP contribution in [-0.4, -0.2) is 64.9 Å². The first-order valence-corrected chi connectivity index (χ1v) is 11.8. The van der Waals surface area contributed by atoms with E-state index in [1.807, 2.05) is 24.3 Å². The first-order valence-electron chi connectivity index (χ1n) is 10.8. The number of ether oxygens (including phenoxy) is 2. The van der Waals surface area contributed by atoms with E-state index in [0.29, 0.717) is 6.10 Å². The minimum Gasteiger partial charge on any atom is -0.497 e. The van der Waals surface area contributed by atoms with Gasteiger partial charge in [-0.3, -0.25) is 4.90 Å². The van der Waals surface area contributed by atoms with Crippen molar-refractivity contribution in [3.63, 3.8) is 0 Å². The van der Waals surface area contributed by atoms with Crippen molar-refractivity contribution in [1.29, 1.82) is 0 Å². The molecule has 1 aromatic heterocycles.